The molecule has 1 saturated heterocycles. The van der Waals surface area contributed by atoms with Gasteiger partial charge in [-0.05, 0) is 18.2 Å². The van der Waals surface area contributed by atoms with Crippen molar-refractivity contribution in [1.29, 1.82) is 0 Å². The lowest BCUT2D eigenvalue weighted by Crippen LogP contribution is -2.59. The van der Waals surface area contributed by atoms with Gasteiger partial charge >= 0.3 is 5.97 Å². The maximum atomic E-state index is 12.3. The Balaban J connectivity index is 1.80. The Labute approximate surface area is 162 Å². The zero-order valence-electron chi connectivity index (χ0n) is 15.8. The number of amides is 2. The van der Waals surface area contributed by atoms with Gasteiger partial charge in [0.1, 0.15) is 17.6 Å². The average molecular weight is 385 g/mol. The molecule has 0 unspecified atom stereocenters. The molecular weight excluding hydrogens is 362 g/mol. The molecule has 1 aromatic heterocycles. The van der Waals surface area contributed by atoms with Crippen LogP contribution in [0.2, 0.25) is 0 Å². The van der Waals surface area contributed by atoms with E-state index in [1.807, 2.05) is 4.90 Å². The van der Waals surface area contributed by atoms with Gasteiger partial charge in [0.15, 0.2) is 0 Å². The minimum absolute atomic E-state index is 0.0564. The van der Waals surface area contributed by atoms with Crippen LogP contribution in [0.15, 0.2) is 40.8 Å². The van der Waals surface area contributed by atoms with E-state index in [1.54, 1.807) is 42.3 Å². The van der Waals surface area contributed by atoms with E-state index >= 15 is 0 Å². The van der Waals surface area contributed by atoms with Gasteiger partial charge in [0.25, 0.3) is 0 Å². The Morgan fingerprint density at radius 3 is 2.61 bits per heavy atom. The summed E-state index contributed by atoms with van der Waals surface area (Å²) in [6, 6.07) is 9.70. The third-order valence-corrected chi connectivity index (χ3v) is 4.93. The summed E-state index contributed by atoms with van der Waals surface area (Å²) in [4.78, 5) is 39.0. The van der Waals surface area contributed by atoms with Gasteiger partial charge in [-0.1, -0.05) is 18.2 Å². The van der Waals surface area contributed by atoms with Crippen molar-refractivity contribution in [2.45, 2.75) is 19.5 Å². The van der Waals surface area contributed by atoms with E-state index in [1.165, 1.54) is 13.0 Å². The fourth-order valence-corrected chi connectivity index (χ4v) is 3.40. The highest BCUT2D eigenvalue weighted by molar-refractivity contribution is 5.95. The van der Waals surface area contributed by atoms with Crippen molar-refractivity contribution in [1.82, 2.24) is 15.1 Å². The normalized spacial score (nSPS) is 17.4. The highest BCUT2D eigenvalue weighted by Crippen LogP contribution is 2.27. The second kappa shape index (κ2) is 8.26. The minimum Gasteiger partial charge on any atom is -0.478 e. The molecule has 8 nitrogen and oxygen atoms in total. The number of nitrogens with one attached hydrogen (secondary N) is 1. The van der Waals surface area contributed by atoms with Gasteiger partial charge in [0.05, 0.1) is 12.1 Å². The molecule has 0 aliphatic carbocycles. The van der Waals surface area contributed by atoms with Gasteiger partial charge < -0.3 is 19.7 Å². The molecule has 2 aromatic rings. The lowest BCUT2D eigenvalue weighted by atomic mass is 10.1. The van der Waals surface area contributed by atoms with Crippen molar-refractivity contribution in [3.05, 3.63) is 47.7 Å². The summed E-state index contributed by atoms with van der Waals surface area (Å²) < 4.78 is 5.88. The fourth-order valence-electron chi connectivity index (χ4n) is 3.40. The fraction of sp³-hybridized carbons (Fsp3) is 0.350. The first-order valence-electron chi connectivity index (χ1n) is 9.03. The van der Waals surface area contributed by atoms with E-state index in [9.17, 15) is 19.5 Å². The number of likely N-dealkylation sites (N-methyl/N-ethyl adjacent to an activating group) is 1. The third-order valence-electron chi connectivity index (χ3n) is 4.93. The number of carboxylic acids is 1. The second-order valence-corrected chi connectivity index (χ2v) is 6.68. The van der Waals surface area contributed by atoms with Crippen LogP contribution in [-0.4, -0.2) is 65.4 Å². The molecule has 3 rings (SSSR count). The number of aromatic carboxylic acids is 1. The average Bonchev–Trinajstić information content (AvgIpc) is 3.15. The Bertz CT molecular complexity index is 891. The number of carbonyl (C=O) groups is 3. The molecule has 2 amide bonds. The van der Waals surface area contributed by atoms with Crippen LogP contribution in [0.25, 0.3) is 11.3 Å². The van der Waals surface area contributed by atoms with Crippen molar-refractivity contribution < 1.29 is 23.9 Å². The number of piperazine rings is 1. The summed E-state index contributed by atoms with van der Waals surface area (Å²) >= 11 is 0. The van der Waals surface area contributed by atoms with Gasteiger partial charge in [-0.25, -0.2) is 4.79 Å². The van der Waals surface area contributed by atoms with Crippen LogP contribution in [0, 0.1) is 0 Å². The van der Waals surface area contributed by atoms with Crippen molar-refractivity contribution in [3.8, 4) is 11.3 Å². The summed E-state index contributed by atoms with van der Waals surface area (Å²) in [5.41, 5.74) is 0.673. The first-order chi connectivity index (χ1) is 13.4. The van der Waals surface area contributed by atoms with E-state index < -0.39 is 12.0 Å². The van der Waals surface area contributed by atoms with Crippen molar-refractivity contribution in [2.24, 2.45) is 0 Å². The Kier molecular flexibility index (Phi) is 5.79. The molecule has 1 aliphatic heterocycles. The molecule has 8 heteroatoms. The largest absolute Gasteiger partial charge is 0.478 e. The van der Waals surface area contributed by atoms with Crippen LogP contribution in [0.4, 0.5) is 0 Å². The summed E-state index contributed by atoms with van der Waals surface area (Å²) in [6.45, 7) is 3.29. The van der Waals surface area contributed by atoms with Gasteiger partial charge in [-0.3, -0.25) is 14.5 Å². The van der Waals surface area contributed by atoms with Gasteiger partial charge in [-0.2, -0.15) is 0 Å². The minimum atomic E-state index is -1.02. The van der Waals surface area contributed by atoms with E-state index in [4.69, 9.17) is 4.42 Å². The maximum Gasteiger partial charge on any atom is 0.336 e. The number of hydrogen-bond acceptors (Lipinski definition) is 5. The number of furan rings is 1. The molecule has 2 heterocycles. The Morgan fingerprint density at radius 2 is 1.93 bits per heavy atom. The lowest BCUT2D eigenvalue weighted by Gasteiger charge is -2.39. The lowest BCUT2D eigenvalue weighted by molar-refractivity contribution is -0.136. The number of rotatable bonds is 5. The summed E-state index contributed by atoms with van der Waals surface area (Å²) in [6.07, 6.45) is 0. The van der Waals surface area contributed by atoms with E-state index in [0.29, 0.717) is 43.3 Å². The van der Waals surface area contributed by atoms with Crippen LogP contribution < -0.4 is 5.32 Å². The number of hydrogen-bond donors (Lipinski definition) is 2. The number of carboxylic acid groups (broad SMARTS) is 1. The summed E-state index contributed by atoms with van der Waals surface area (Å²) in [7, 11) is 1.57. The first kappa shape index (κ1) is 19.6. The smallest absolute Gasteiger partial charge is 0.336 e. The standard InChI is InChI=1S/C20H23N3O5/c1-13(24)22-9-10-23(17(12-22)19(25)21-2)11-14-7-8-18(28-14)15-5-3-4-6-16(15)20(26)27/h3-8,17H,9-12H2,1-2H3,(H,21,25)(H,26,27)/t17-/m0/s1. The van der Waals surface area contributed by atoms with E-state index in [2.05, 4.69) is 5.32 Å². The number of nitrogens with zero attached hydrogens (tertiary/aromatic N) is 2. The molecule has 1 fully saturated rings. The summed E-state index contributed by atoms with van der Waals surface area (Å²) in [5, 5.41) is 12.0. The highest BCUT2D eigenvalue weighted by Gasteiger charge is 2.33. The van der Waals surface area contributed by atoms with E-state index in [-0.39, 0.29) is 17.4 Å². The quantitative estimate of drug-likeness (QED) is 0.807. The maximum absolute atomic E-state index is 12.3. The van der Waals surface area contributed by atoms with Crippen LogP contribution >= 0.6 is 0 Å². The number of benzene rings is 1. The van der Waals surface area contributed by atoms with Gasteiger partial charge in [-0.15, -0.1) is 0 Å². The predicted octanol–water partition coefficient (Wildman–Crippen LogP) is 1.42. The zero-order chi connectivity index (χ0) is 20.3. The molecular formula is C20H23N3O5. The Morgan fingerprint density at radius 1 is 1.18 bits per heavy atom. The molecule has 2 N–H and O–H groups in total. The van der Waals surface area contributed by atoms with Crippen molar-refractivity contribution in [2.75, 3.05) is 26.7 Å². The number of carbonyl (C=O) groups excluding carboxylic acids is 2. The van der Waals surface area contributed by atoms with Crippen LogP contribution in [-0.2, 0) is 16.1 Å². The van der Waals surface area contributed by atoms with Gasteiger partial charge in [0, 0.05) is 39.2 Å². The van der Waals surface area contributed by atoms with Crippen LogP contribution in [0.1, 0.15) is 23.0 Å². The highest BCUT2D eigenvalue weighted by atomic mass is 16.4. The Hall–Kier alpha value is -3.13. The molecule has 1 aromatic carbocycles. The molecule has 0 spiro atoms. The molecule has 1 aliphatic rings. The molecule has 148 valence electrons. The second-order valence-electron chi connectivity index (χ2n) is 6.68. The van der Waals surface area contributed by atoms with Gasteiger partial charge in [0.2, 0.25) is 11.8 Å². The van der Waals surface area contributed by atoms with Crippen molar-refractivity contribution in [3.63, 3.8) is 0 Å². The molecule has 0 saturated carbocycles. The molecule has 28 heavy (non-hydrogen) atoms. The monoisotopic (exact) mass is 385 g/mol. The SMILES string of the molecule is CNC(=O)[C@@H]1CN(C(C)=O)CCN1Cc1ccc(-c2ccccc2C(=O)O)o1. The predicted molar refractivity (Wildman–Crippen MR) is 102 cm³/mol. The third kappa shape index (κ3) is 4.07. The molecule has 1 atom stereocenters. The first-order valence-corrected chi connectivity index (χ1v) is 9.03. The summed E-state index contributed by atoms with van der Waals surface area (Å²) in [5.74, 6) is -0.145. The van der Waals surface area contributed by atoms with Crippen LogP contribution in [0.3, 0.4) is 0 Å². The zero-order valence-corrected chi connectivity index (χ0v) is 15.8. The van der Waals surface area contributed by atoms with Crippen LogP contribution in [0.5, 0.6) is 0 Å². The molecule has 0 radical (unpaired) electrons. The topological polar surface area (TPSA) is 103 Å². The van der Waals surface area contributed by atoms with Crippen molar-refractivity contribution >= 4 is 17.8 Å². The molecule has 0 bridgehead atoms. The van der Waals surface area contributed by atoms with E-state index in [0.717, 1.165) is 0 Å².